The van der Waals surface area contributed by atoms with Gasteiger partial charge in [0.15, 0.2) is 5.13 Å². The lowest BCUT2D eigenvalue weighted by Gasteiger charge is -2.32. The summed E-state index contributed by atoms with van der Waals surface area (Å²) in [7, 11) is -2.17. The van der Waals surface area contributed by atoms with E-state index >= 15 is 0 Å². The standard InChI is InChI=1S/C21H22ClN3O4S3/c1-13-11-14(6-7-17(13)29-2)15-12-30-21(23-15)24-20(26)16-5-3-4-10-25(16)32(27,28)19-9-8-18(22)31-19/h6-9,11-12,16H,3-5,10H2,1-2H3,(H,23,24,26). The summed E-state index contributed by atoms with van der Waals surface area (Å²) in [6.45, 7) is 2.25. The van der Waals surface area contributed by atoms with E-state index in [1.54, 1.807) is 13.2 Å². The number of rotatable bonds is 6. The summed E-state index contributed by atoms with van der Waals surface area (Å²) in [5, 5.41) is 5.10. The Morgan fingerprint density at radius 3 is 2.78 bits per heavy atom. The zero-order valence-electron chi connectivity index (χ0n) is 17.5. The second-order valence-electron chi connectivity index (χ2n) is 7.40. The molecule has 170 valence electrons. The van der Waals surface area contributed by atoms with Crippen molar-refractivity contribution in [3.05, 3.63) is 45.6 Å². The van der Waals surface area contributed by atoms with Crippen molar-refractivity contribution >= 4 is 55.3 Å². The summed E-state index contributed by atoms with van der Waals surface area (Å²) in [5.74, 6) is 0.422. The summed E-state index contributed by atoms with van der Waals surface area (Å²) in [6.07, 6.45) is 1.95. The van der Waals surface area contributed by atoms with E-state index in [0.29, 0.717) is 28.9 Å². The molecule has 3 heterocycles. The third-order valence-electron chi connectivity index (χ3n) is 5.29. The first kappa shape index (κ1) is 23.2. The number of benzene rings is 1. The van der Waals surface area contributed by atoms with Crippen molar-refractivity contribution in [1.29, 1.82) is 0 Å². The van der Waals surface area contributed by atoms with Gasteiger partial charge in [-0.15, -0.1) is 22.7 Å². The number of piperidine rings is 1. The minimum Gasteiger partial charge on any atom is -0.496 e. The number of aryl methyl sites for hydroxylation is 1. The molecule has 0 radical (unpaired) electrons. The highest BCUT2D eigenvalue weighted by atomic mass is 35.5. The highest BCUT2D eigenvalue weighted by molar-refractivity contribution is 7.91. The predicted molar refractivity (Wildman–Crippen MR) is 128 cm³/mol. The summed E-state index contributed by atoms with van der Waals surface area (Å²) >= 11 is 8.23. The van der Waals surface area contributed by atoms with Crippen molar-refractivity contribution in [3.8, 4) is 17.0 Å². The molecule has 1 aliphatic heterocycles. The molecule has 1 saturated heterocycles. The molecule has 7 nitrogen and oxygen atoms in total. The number of nitrogens with one attached hydrogen (secondary N) is 1. The van der Waals surface area contributed by atoms with Crippen LogP contribution in [0, 0.1) is 6.92 Å². The van der Waals surface area contributed by atoms with Crippen LogP contribution < -0.4 is 10.1 Å². The van der Waals surface area contributed by atoms with Gasteiger partial charge < -0.3 is 10.1 Å². The third kappa shape index (κ3) is 4.69. The molecule has 3 aromatic rings. The van der Waals surface area contributed by atoms with Gasteiger partial charge in [-0.2, -0.15) is 4.31 Å². The first-order valence-corrected chi connectivity index (χ1v) is 13.5. The van der Waals surface area contributed by atoms with Crippen LogP contribution in [0.25, 0.3) is 11.3 Å². The maximum absolute atomic E-state index is 13.1. The molecule has 0 aliphatic carbocycles. The van der Waals surface area contributed by atoms with Gasteiger partial charge >= 0.3 is 0 Å². The largest absolute Gasteiger partial charge is 0.496 e. The number of carbonyl (C=O) groups is 1. The van der Waals surface area contributed by atoms with Gasteiger partial charge in [-0.25, -0.2) is 13.4 Å². The van der Waals surface area contributed by atoms with Gasteiger partial charge in [-0.3, -0.25) is 4.79 Å². The van der Waals surface area contributed by atoms with Gasteiger partial charge in [0.25, 0.3) is 10.0 Å². The van der Waals surface area contributed by atoms with Crippen LogP contribution in [0.1, 0.15) is 24.8 Å². The van der Waals surface area contributed by atoms with E-state index in [2.05, 4.69) is 10.3 Å². The van der Waals surface area contributed by atoms with Crippen molar-refractivity contribution in [3.63, 3.8) is 0 Å². The fraction of sp³-hybridized carbons (Fsp3) is 0.333. The lowest BCUT2D eigenvalue weighted by Crippen LogP contribution is -2.49. The normalized spacial score (nSPS) is 17.3. The number of carbonyl (C=O) groups excluding carboxylic acids is 1. The highest BCUT2D eigenvalue weighted by Crippen LogP contribution is 2.33. The van der Waals surface area contributed by atoms with Crippen molar-refractivity contribution in [2.45, 2.75) is 36.4 Å². The maximum Gasteiger partial charge on any atom is 0.253 e. The number of aromatic nitrogens is 1. The number of halogens is 1. The lowest BCUT2D eigenvalue weighted by molar-refractivity contribution is -0.120. The van der Waals surface area contributed by atoms with Gasteiger partial charge in [0.05, 0.1) is 17.1 Å². The van der Waals surface area contributed by atoms with Crippen LogP contribution in [0.5, 0.6) is 5.75 Å². The van der Waals surface area contributed by atoms with E-state index < -0.39 is 16.1 Å². The Labute approximate surface area is 200 Å². The maximum atomic E-state index is 13.1. The number of anilines is 1. The number of methoxy groups -OCH3 is 1. The first-order valence-electron chi connectivity index (χ1n) is 9.98. The molecular formula is C21H22ClN3O4S3. The minimum absolute atomic E-state index is 0.147. The first-order chi connectivity index (χ1) is 15.3. The Morgan fingerprint density at radius 2 is 2.09 bits per heavy atom. The highest BCUT2D eigenvalue weighted by Gasteiger charge is 2.38. The molecule has 1 unspecified atom stereocenters. The van der Waals surface area contributed by atoms with Crippen LogP contribution in [0.15, 0.2) is 39.9 Å². The molecule has 1 aliphatic rings. The van der Waals surface area contributed by atoms with Crippen molar-refractivity contribution in [2.75, 3.05) is 19.0 Å². The van der Waals surface area contributed by atoms with Gasteiger partial charge in [-0.05, 0) is 55.7 Å². The summed E-state index contributed by atoms with van der Waals surface area (Å²) in [5.41, 5.74) is 2.63. The molecule has 1 N–H and O–H groups in total. The SMILES string of the molecule is COc1ccc(-c2csc(NC(=O)C3CCCCN3S(=O)(=O)c3ccc(Cl)s3)n2)cc1C. The number of sulfonamides is 1. The van der Waals surface area contributed by atoms with Crippen molar-refractivity contribution in [1.82, 2.24) is 9.29 Å². The summed E-state index contributed by atoms with van der Waals surface area (Å²) in [4.78, 5) is 17.6. The van der Waals surface area contributed by atoms with Crippen molar-refractivity contribution < 1.29 is 17.9 Å². The number of hydrogen-bond donors (Lipinski definition) is 1. The molecule has 0 spiro atoms. The van der Waals surface area contributed by atoms with Crippen LogP contribution in [-0.2, 0) is 14.8 Å². The molecule has 0 bridgehead atoms. The zero-order valence-corrected chi connectivity index (χ0v) is 20.7. The van der Waals surface area contributed by atoms with Gasteiger partial charge in [0, 0.05) is 17.5 Å². The lowest BCUT2D eigenvalue weighted by atomic mass is 10.0. The Balaban J connectivity index is 1.52. The number of amides is 1. The monoisotopic (exact) mass is 511 g/mol. The minimum atomic E-state index is -3.80. The Bertz CT molecular complexity index is 1240. The molecule has 1 amide bonds. The van der Waals surface area contributed by atoms with Gasteiger partial charge in [0.1, 0.15) is 16.0 Å². The molecule has 11 heteroatoms. The van der Waals surface area contributed by atoms with Crippen LogP contribution in [-0.4, -0.2) is 43.3 Å². The molecule has 0 saturated carbocycles. The molecule has 1 fully saturated rings. The number of ether oxygens (including phenoxy) is 1. The zero-order chi connectivity index (χ0) is 22.9. The number of thiophene rings is 1. The Kier molecular flexibility index (Phi) is 6.87. The van der Waals surface area contributed by atoms with E-state index in [4.69, 9.17) is 16.3 Å². The van der Waals surface area contributed by atoms with E-state index in [1.807, 2.05) is 30.5 Å². The molecular weight excluding hydrogens is 490 g/mol. The molecule has 4 rings (SSSR count). The number of hydrogen-bond acceptors (Lipinski definition) is 7. The Hall–Kier alpha value is -1.98. The molecule has 32 heavy (non-hydrogen) atoms. The van der Waals surface area contributed by atoms with Gasteiger partial charge in [-0.1, -0.05) is 18.0 Å². The third-order valence-corrected chi connectivity index (χ3v) is 9.66. The van der Waals surface area contributed by atoms with Gasteiger partial charge in [0.2, 0.25) is 5.91 Å². The fourth-order valence-electron chi connectivity index (χ4n) is 3.70. The van der Waals surface area contributed by atoms with Crippen LogP contribution in [0.4, 0.5) is 5.13 Å². The summed E-state index contributed by atoms with van der Waals surface area (Å²) < 4.78 is 33.4. The molecule has 2 aromatic heterocycles. The van der Waals surface area contributed by atoms with Crippen LogP contribution in [0.2, 0.25) is 4.34 Å². The van der Waals surface area contributed by atoms with Crippen molar-refractivity contribution in [2.24, 2.45) is 0 Å². The number of thiazole rings is 1. The van der Waals surface area contributed by atoms with E-state index in [9.17, 15) is 13.2 Å². The average Bonchev–Trinajstić information content (AvgIpc) is 3.43. The molecule has 1 atom stereocenters. The van der Waals surface area contributed by atoms with Crippen LogP contribution >= 0.6 is 34.3 Å². The topological polar surface area (TPSA) is 88.6 Å². The second-order valence-corrected chi connectivity index (χ2v) is 12.1. The average molecular weight is 512 g/mol. The van der Waals surface area contributed by atoms with Crippen LogP contribution in [0.3, 0.4) is 0 Å². The summed E-state index contributed by atoms with van der Waals surface area (Å²) in [6, 6.07) is 8.01. The number of nitrogens with zero attached hydrogens (tertiary/aromatic N) is 2. The Morgan fingerprint density at radius 1 is 1.28 bits per heavy atom. The fourth-order valence-corrected chi connectivity index (χ4v) is 7.69. The van der Waals surface area contributed by atoms with E-state index in [-0.39, 0.29) is 10.1 Å². The molecule has 1 aromatic carbocycles. The smallest absolute Gasteiger partial charge is 0.253 e. The quantitative estimate of drug-likeness (QED) is 0.501. The van der Waals surface area contributed by atoms with E-state index in [1.165, 1.54) is 21.7 Å². The van der Waals surface area contributed by atoms with E-state index in [0.717, 1.165) is 40.3 Å². The predicted octanol–water partition coefficient (Wildman–Crippen LogP) is 5.02. The second kappa shape index (κ2) is 9.48.